The molecule has 1 saturated carbocycles. The van der Waals surface area contributed by atoms with Crippen LogP contribution in [0.1, 0.15) is 31.2 Å². The van der Waals surface area contributed by atoms with Crippen LogP contribution in [0.5, 0.6) is 5.75 Å². The Bertz CT molecular complexity index is 1040. The normalized spacial score (nSPS) is 14.5. The Balaban J connectivity index is 1.68. The molecular weight excluding hydrogens is 407 g/mol. The first-order chi connectivity index (χ1) is 14.9. The number of hydrogen-bond acceptors (Lipinski definition) is 6. The van der Waals surface area contributed by atoms with Crippen LogP contribution >= 0.6 is 0 Å². The Morgan fingerprint density at radius 3 is 2.48 bits per heavy atom. The third-order valence-electron chi connectivity index (χ3n) is 5.12. The van der Waals surface area contributed by atoms with Crippen molar-refractivity contribution >= 4 is 17.5 Å². The lowest BCUT2D eigenvalue weighted by Gasteiger charge is -2.16. The van der Waals surface area contributed by atoms with Gasteiger partial charge in [-0.05, 0) is 43.2 Å². The van der Waals surface area contributed by atoms with E-state index in [2.05, 4.69) is 25.6 Å². The van der Waals surface area contributed by atoms with Crippen LogP contribution in [0.4, 0.5) is 30.6 Å². The maximum atomic E-state index is 13.4. The van der Waals surface area contributed by atoms with E-state index in [-0.39, 0.29) is 17.5 Å². The molecular formula is C22H22F3N5O. The fourth-order valence-corrected chi connectivity index (χ4v) is 3.63. The molecule has 0 spiro atoms. The van der Waals surface area contributed by atoms with Gasteiger partial charge in [-0.15, -0.1) is 0 Å². The van der Waals surface area contributed by atoms with Crippen LogP contribution in [0.25, 0.3) is 11.4 Å². The number of ether oxygens (including phenoxy) is 1. The van der Waals surface area contributed by atoms with Crippen LogP contribution in [0.15, 0.2) is 48.7 Å². The summed E-state index contributed by atoms with van der Waals surface area (Å²) in [5.74, 6) is 0.551. The number of benzene rings is 1. The second kappa shape index (κ2) is 8.79. The van der Waals surface area contributed by atoms with Crippen molar-refractivity contribution in [1.29, 1.82) is 0 Å². The van der Waals surface area contributed by atoms with E-state index in [1.54, 1.807) is 18.3 Å². The first-order valence-electron chi connectivity index (χ1n) is 10.0. The largest absolute Gasteiger partial charge is 0.496 e. The maximum absolute atomic E-state index is 13.4. The molecule has 31 heavy (non-hydrogen) atoms. The average Bonchev–Trinajstić information content (AvgIpc) is 3.26. The molecule has 0 saturated heterocycles. The lowest BCUT2D eigenvalue weighted by molar-refractivity contribution is -0.138. The van der Waals surface area contributed by atoms with Crippen molar-refractivity contribution in [3.05, 3.63) is 54.2 Å². The van der Waals surface area contributed by atoms with Crippen molar-refractivity contribution in [2.24, 2.45) is 0 Å². The van der Waals surface area contributed by atoms with Gasteiger partial charge in [-0.2, -0.15) is 18.2 Å². The van der Waals surface area contributed by atoms with Crippen molar-refractivity contribution in [3.63, 3.8) is 0 Å². The predicted molar refractivity (Wildman–Crippen MR) is 112 cm³/mol. The molecule has 0 radical (unpaired) electrons. The fraction of sp³-hybridized carbons (Fsp3) is 0.318. The first-order valence-corrected chi connectivity index (χ1v) is 10.0. The van der Waals surface area contributed by atoms with Gasteiger partial charge in [-0.25, -0.2) is 4.98 Å². The van der Waals surface area contributed by atoms with Crippen LogP contribution in [-0.4, -0.2) is 28.1 Å². The molecule has 1 aliphatic carbocycles. The monoisotopic (exact) mass is 429 g/mol. The molecule has 2 N–H and O–H groups in total. The number of rotatable bonds is 6. The number of methoxy groups -OCH3 is 1. The Morgan fingerprint density at radius 2 is 1.81 bits per heavy atom. The number of nitrogens with one attached hydrogen (secondary N) is 2. The van der Waals surface area contributed by atoms with Crippen LogP contribution in [0, 0.1) is 0 Å². The number of halogens is 3. The van der Waals surface area contributed by atoms with Crippen molar-refractivity contribution in [2.45, 2.75) is 37.9 Å². The summed E-state index contributed by atoms with van der Waals surface area (Å²) in [6.07, 6.45) is 1.49. The summed E-state index contributed by atoms with van der Waals surface area (Å²) in [6, 6.07) is 11.2. The standard InChI is InChI=1S/C22H22F3N5O/c1-31-19-10-9-15(12-16(19)22(23,24)25)27-20-13-18(17-8-4-5-11-26-17)29-21(30-20)28-14-6-2-3-7-14/h4-5,8-14H,2-3,6-7H2,1H3,(H2,27,28,29,30). The predicted octanol–water partition coefficient (Wildman–Crippen LogP) is 5.66. The minimum atomic E-state index is -4.54. The van der Waals surface area contributed by atoms with Gasteiger partial charge in [0.25, 0.3) is 0 Å². The summed E-state index contributed by atoms with van der Waals surface area (Å²) in [6.45, 7) is 0. The van der Waals surface area contributed by atoms with Gasteiger partial charge in [0.1, 0.15) is 11.6 Å². The highest BCUT2D eigenvalue weighted by atomic mass is 19.4. The smallest absolute Gasteiger partial charge is 0.420 e. The van der Waals surface area contributed by atoms with E-state index in [1.165, 1.54) is 19.2 Å². The van der Waals surface area contributed by atoms with Crippen molar-refractivity contribution in [2.75, 3.05) is 17.7 Å². The van der Waals surface area contributed by atoms with Crippen molar-refractivity contribution < 1.29 is 17.9 Å². The van der Waals surface area contributed by atoms with Crippen LogP contribution in [-0.2, 0) is 6.18 Å². The minimum Gasteiger partial charge on any atom is -0.496 e. The molecule has 0 aliphatic heterocycles. The number of pyridine rings is 1. The van der Waals surface area contributed by atoms with Gasteiger partial charge in [-0.1, -0.05) is 18.9 Å². The van der Waals surface area contributed by atoms with E-state index in [0.29, 0.717) is 23.2 Å². The maximum Gasteiger partial charge on any atom is 0.420 e. The summed E-state index contributed by atoms with van der Waals surface area (Å²) in [7, 11) is 1.21. The Hall–Kier alpha value is -3.36. The summed E-state index contributed by atoms with van der Waals surface area (Å²) in [5, 5.41) is 6.31. The molecule has 2 aromatic heterocycles. The highest BCUT2D eigenvalue weighted by molar-refractivity contribution is 5.66. The molecule has 0 amide bonds. The van der Waals surface area contributed by atoms with Gasteiger partial charge in [0, 0.05) is 24.0 Å². The Morgan fingerprint density at radius 1 is 1.00 bits per heavy atom. The number of alkyl halides is 3. The molecule has 9 heteroatoms. The molecule has 0 bridgehead atoms. The molecule has 0 atom stereocenters. The van der Waals surface area contributed by atoms with E-state index in [4.69, 9.17) is 4.74 Å². The highest BCUT2D eigenvalue weighted by Gasteiger charge is 2.34. The number of aromatic nitrogens is 3. The van der Waals surface area contributed by atoms with Crippen LogP contribution < -0.4 is 15.4 Å². The molecule has 162 valence electrons. The molecule has 3 aromatic rings. The average molecular weight is 429 g/mol. The van der Waals surface area contributed by atoms with E-state index in [1.807, 2.05) is 12.1 Å². The zero-order chi connectivity index (χ0) is 21.8. The summed E-state index contributed by atoms with van der Waals surface area (Å²) in [4.78, 5) is 13.4. The first kappa shape index (κ1) is 20.9. The van der Waals surface area contributed by atoms with Gasteiger partial charge >= 0.3 is 6.18 Å². The van der Waals surface area contributed by atoms with Gasteiger partial charge in [0.05, 0.1) is 24.1 Å². The van der Waals surface area contributed by atoms with Gasteiger partial charge in [0.15, 0.2) is 0 Å². The molecule has 1 aliphatic rings. The van der Waals surface area contributed by atoms with E-state index >= 15 is 0 Å². The molecule has 1 fully saturated rings. The fourth-order valence-electron chi connectivity index (χ4n) is 3.63. The molecule has 4 rings (SSSR count). The Labute approximate surface area is 177 Å². The SMILES string of the molecule is COc1ccc(Nc2cc(-c3ccccn3)nc(NC3CCCC3)n2)cc1C(F)(F)F. The topological polar surface area (TPSA) is 72.0 Å². The second-order valence-electron chi connectivity index (χ2n) is 7.34. The summed E-state index contributed by atoms with van der Waals surface area (Å²) in [5.41, 5.74) is 0.602. The molecule has 1 aromatic carbocycles. The van der Waals surface area contributed by atoms with Crippen LogP contribution in [0.3, 0.4) is 0 Å². The third-order valence-corrected chi connectivity index (χ3v) is 5.12. The minimum absolute atomic E-state index is 0.237. The van der Waals surface area contributed by atoms with Crippen molar-refractivity contribution in [3.8, 4) is 17.1 Å². The summed E-state index contributed by atoms with van der Waals surface area (Å²) >= 11 is 0. The number of hydrogen-bond donors (Lipinski definition) is 2. The highest BCUT2D eigenvalue weighted by Crippen LogP contribution is 2.38. The van der Waals surface area contributed by atoms with Crippen LogP contribution in [0.2, 0.25) is 0 Å². The molecule has 2 heterocycles. The summed E-state index contributed by atoms with van der Waals surface area (Å²) < 4.78 is 45.0. The lowest BCUT2D eigenvalue weighted by Crippen LogP contribution is -2.17. The van der Waals surface area contributed by atoms with Gasteiger partial charge < -0.3 is 15.4 Å². The lowest BCUT2D eigenvalue weighted by atomic mass is 10.1. The van der Waals surface area contributed by atoms with E-state index in [0.717, 1.165) is 31.7 Å². The van der Waals surface area contributed by atoms with Gasteiger partial charge in [0.2, 0.25) is 5.95 Å². The van der Waals surface area contributed by atoms with E-state index < -0.39 is 11.7 Å². The van der Waals surface area contributed by atoms with Gasteiger partial charge in [-0.3, -0.25) is 4.98 Å². The Kier molecular flexibility index (Phi) is 5.92. The van der Waals surface area contributed by atoms with Crippen molar-refractivity contribution in [1.82, 2.24) is 15.0 Å². The molecule has 6 nitrogen and oxygen atoms in total. The third kappa shape index (κ3) is 5.04. The zero-order valence-corrected chi connectivity index (χ0v) is 16.9. The zero-order valence-electron chi connectivity index (χ0n) is 16.9. The molecule has 0 unspecified atom stereocenters. The van der Waals surface area contributed by atoms with E-state index in [9.17, 15) is 13.2 Å². The number of nitrogens with zero attached hydrogens (tertiary/aromatic N) is 3. The second-order valence-corrected chi connectivity index (χ2v) is 7.34. The quantitative estimate of drug-likeness (QED) is 0.527. The number of anilines is 3.